The number of likely N-dealkylation sites (tertiary alicyclic amines) is 1. The Bertz CT molecular complexity index is 282. The van der Waals surface area contributed by atoms with Crippen molar-refractivity contribution in [2.45, 2.75) is 57.4 Å². The highest BCUT2D eigenvalue weighted by atomic mass is 127. The molecular weight excluding hydrogens is 363 g/mol. The number of nitrogens with two attached hydrogens (primary N) is 1. The molecule has 1 heterocycles. The van der Waals surface area contributed by atoms with Crippen LogP contribution in [-0.4, -0.2) is 43.6 Å². The van der Waals surface area contributed by atoms with Crippen LogP contribution >= 0.6 is 24.0 Å². The van der Waals surface area contributed by atoms with Crippen molar-refractivity contribution in [2.75, 3.05) is 26.7 Å². The first-order valence-corrected chi connectivity index (χ1v) is 7.99. The summed E-state index contributed by atoms with van der Waals surface area (Å²) in [7, 11) is 2.21. The van der Waals surface area contributed by atoms with Crippen LogP contribution in [0, 0.1) is 5.92 Å². The van der Waals surface area contributed by atoms with Gasteiger partial charge in [0.25, 0.3) is 0 Å². The van der Waals surface area contributed by atoms with Crippen LogP contribution in [0.25, 0.3) is 0 Å². The van der Waals surface area contributed by atoms with Crippen LogP contribution in [-0.2, 0) is 0 Å². The van der Waals surface area contributed by atoms with E-state index >= 15 is 0 Å². The molecule has 1 saturated carbocycles. The summed E-state index contributed by atoms with van der Waals surface area (Å²) in [5, 5.41) is 3.38. The fourth-order valence-corrected chi connectivity index (χ4v) is 3.22. The zero-order valence-corrected chi connectivity index (χ0v) is 15.1. The second-order valence-electron chi connectivity index (χ2n) is 6.28. The molecule has 1 aliphatic carbocycles. The summed E-state index contributed by atoms with van der Waals surface area (Å²) in [5.41, 5.74) is 5.97. The highest BCUT2D eigenvalue weighted by Crippen LogP contribution is 2.19. The molecule has 0 spiro atoms. The van der Waals surface area contributed by atoms with E-state index in [9.17, 15) is 0 Å². The van der Waals surface area contributed by atoms with E-state index in [1.807, 2.05) is 0 Å². The summed E-state index contributed by atoms with van der Waals surface area (Å²) in [4.78, 5) is 6.92. The van der Waals surface area contributed by atoms with Crippen molar-refractivity contribution in [3.05, 3.63) is 0 Å². The van der Waals surface area contributed by atoms with Crippen LogP contribution in [0.2, 0.25) is 0 Å². The van der Waals surface area contributed by atoms with Crippen molar-refractivity contribution < 1.29 is 0 Å². The average Bonchev–Trinajstić information content (AvgIpc) is 2.42. The number of guanidine groups is 1. The molecule has 0 aromatic rings. The van der Waals surface area contributed by atoms with Gasteiger partial charge in [0.1, 0.15) is 0 Å². The fourth-order valence-electron chi connectivity index (χ4n) is 3.22. The average molecular weight is 394 g/mol. The van der Waals surface area contributed by atoms with Crippen LogP contribution in [0.4, 0.5) is 0 Å². The van der Waals surface area contributed by atoms with Crippen molar-refractivity contribution >= 4 is 29.9 Å². The quantitative estimate of drug-likeness (QED) is 0.438. The van der Waals surface area contributed by atoms with Gasteiger partial charge in [0.05, 0.1) is 0 Å². The second kappa shape index (κ2) is 9.82. The summed E-state index contributed by atoms with van der Waals surface area (Å²) in [5.74, 6) is 1.52. The van der Waals surface area contributed by atoms with E-state index in [-0.39, 0.29) is 24.0 Å². The molecule has 1 aliphatic heterocycles. The lowest BCUT2D eigenvalue weighted by Crippen LogP contribution is -2.41. The molecule has 3 N–H and O–H groups in total. The smallest absolute Gasteiger partial charge is 0.188 e. The van der Waals surface area contributed by atoms with Gasteiger partial charge >= 0.3 is 0 Å². The van der Waals surface area contributed by atoms with Crippen molar-refractivity contribution in [3.63, 3.8) is 0 Å². The van der Waals surface area contributed by atoms with E-state index in [1.54, 1.807) is 0 Å². The van der Waals surface area contributed by atoms with E-state index in [0.29, 0.717) is 12.0 Å². The van der Waals surface area contributed by atoms with Gasteiger partial charge in [-0.15, -0.1) is 24.0 Å². The maximum Gasteiger partial charge on any atom is 0.188 e. The fraction of sp³-hybridized carbons (Fsp3) is 0.933. The molecule has 20 heavy (non-hydrogen) atoms. The van der Waals surface area contributed by atoms with E-state index < -0.39 is 0 Å². The topological polar surface area (TPSA) is 53.6 Å². The van der Waals surface area contributed by atoms with Gasteiger partial charge in [-0.3, -0.25) is 4.99 Å². The first-order chi connectivity index (χ1) is 9.24. The number of rotatable bonds is 4. The lowest BCUT2D eigenvalue weighted by atomic mass is 9.94. The molecule has 0 bridgehead atoms. The highest BCUT2D eigenvalue weighted by Gasteiger charge is 2.16. The monoisotopic (exact) mass is 394 g/mol. The van der Waals surface area contributed by atoms with Gasteiger partial charge in [-0.05, 0) is 58.2 Å². The van der Waals surface area contributed by atoms with Gasteiger partial charge in [-0.2, -0.15) is 0 Å². The van der Waals surface area contributed by atoms with Crippen molar-refractivity contribution in [2.24, 2.45) is 16.6 Å². The summed E-state index contributed by atoms with van der Waals surface area (Å²) in [6.45, 7) is 3.37. The van der Waals surface area contributed by atoms with Gasteiger partial charge in [-0.25, -0.2) is 0 Å². The molecule has 0 atom stereocenters. The maximum atomic E-state index is 5.97. The van der Waals surface area contributed by atoms with Crippen molar-refractivity contribution in [1.29, 1.82) is 0 Å². The Morgan fingerprint density at radius 1 is 1.15 bits per heavy atom. The predicted octanol–water partition coefficient (Wildman–Crippen LogP) is 2.57. The minimum atomic E-state index is 0. The van der Waals surface area contributed by atoms with E-state index in [1.165, 1.54) is 64.5 Å². The molecule has 0 amide bonds. The van der Waals surface area contributed by atoms with Gasteiger partial charge in [0.2, 0.25) is 0 Å². The number of hydrogen-bond acceptors (Lipinski definition) is 2. The number of nitrogens with zero attached hydrogens (tertiary/aromatic N) is 2. The van der Waals surface area contributed by atoms with E-state index in [4.69, 9.17) is 5.73 Å². The molecule has 0 unspecified atom stereocenters. The zero-order chi connectivity index (χ0) is 13.5. The molecule has 118 valence electrons. The number of aliphatic imine (C=N–C) groups is 1. The standard InChI is InChI=1S/C15H30N4.HI/c1-19-11-8-13(9-12-19)7-10-17-15(16)18-14-5-3-2-4-6-14;/h13-14H,2-12H2,1H3,(H3,16,17,18);1H. The van der Waals surface area contributed by atoms with Crippen LogP contribution in [0.15, 0.2) is 4.99 Å². The van der Waals surface area contributed by atoms with E-state index in [2.05, 4.69) is 22.3 Å². The first-order valence-electron chi connectivity index (χ1n) is 7.99. The third-order valence-electron chi connectivity index (χ3n) is 4.61. The number of piperidine rings is 1. The van der Waals surface area contributed by atoms with Gasteiger partial charge in [0.15, 0.2) is 5.96 Å². The Hall–Kier alpha value is -0.0400. The maximum absolute atomic E-state index is 5.97. The predicted molar refractivity (Wildman–Crippen MR) is 96.8 cm³/mol. The molecule has 4 nitrogen and oxygen atoms in total. The number of hydrogen-bond donors (Lipinski definition) is 2. The minimum absolute atomic E-state index is 0. The largest absolute Gasteiger partial charge is 0.370 e. The Labute approximate surface area is 141 Å². The molecule has 2 rings (SSSR count). The lowest BCUT2D eigenvalue weighted by molar-refractivity contribution is 0.214. The van der Waals surface area contributed by atoms with Gasteiger partial charge in [0, 0.05) is 12.6 Å². The van der Waals surface area contributed by atoms with Crippen LogP contribution in [0.5, 0.6) is 0 Å². The van der Waals surface area contributed by atoms with Crippen LogP contribution in [0.1, 0.15) is 51.4 Å². The second-order valence-corrected chi connectivity index (χ2v) is 6.28. The minimum Gasteiger partial charge on any atom is -0.370 e. The van der Waals surface area contributed by atoms with Crippen LogP contribution < -0.4 is 11.1 Å². The SMILES string of the molecule is CN1CCC(CCN=C(N)NC2CCCCC2)CC1.I. The van der Waals surface area contributed by atoms with Gasteiger partial charge < -0.3 is 16.0 Å². The lowest BCUT2D eigenvalue weighted by Gasteiger charge is -2.28. The third-order valence-corrected chi connectivity index (χ3v) is 4.61. The molecule has 0 aromatic carbocycles. The number of halogens is 1. The first kappa shape index (κ1) is 18.0. The molecular formula is C15H31IN4. The summed E-state index contributed by atoms with van der Waals surface area (Å²) in [6, 6.07) is 0.570. The third kappa shape index (κ3) is 6.61. The normalized spacial score (nSPS) is 23.4. The Morgan fingerprint density at radius 2 is 1.80 bits per heavy atom. The Balaban J connectivity index is 0.00000200. The molecule has 5 heteroatoms. The van der Waals surface area contributed by atoms with Crippen molar-refractivity contribution in [3.8, 4) is 0 Å². The van der Waals surface area contributed by atoms with E-state index in [0.717, 1.165) is 12.5 Å². The summed E-state index contributed by atoms with van der Waals surface area (Å²) >= 11 is 0. The highest BCUT2D eigenvalue weighted by molar-refractivity contribution is 14.0. The Kier molecular flexibility index (Phi) is 8.84. The van der Waals surface area contributed by atoms with Gasteiger partial charge in [-0.1, -0.05) is 19.3 Å². The van der Waals surface area contributed by atoms with Crippen molar-refractivity contribution in [1.82, 2.24) is 10.2 Å². The number of nitrogens with one attached hydrogen (secondary N) is 1. The summed E-state index contributed by atoms with van der Waals surface area (Å²) < 4.78 is 0. The molecule has 0 aromatic heterocycles. The molecule has 2 aliphatic rings. The molecule has 0 radical (unpaired) electrons. The molecule has 2 fully saturated rings. The summed E-state index contributed by atoms with van der Waals surface area (Å²) in [6.07, 6.45) is 10.4. The Morgan fingerprint density at radius 3 is 2.45 bits per heavy atom. The van der Waals surface area contributed by atoms with Crippen LogP contribution in [0.3, 0.4) is 0 Å². The zero-order valence-electron chi connectivity index (χ0n) is 12.8. The molecule has 1 saturated heterocycles.